The van der Waals surface area contributed by atoms with Gasteiger partial charge in [-0.15, -0.1) is 0 Å². The van der Waals surface area contributed by atoms with E-state index >= 15 is 0 Å². The van der Waals surface area contributed by atoms with Crippen molar-refractivity contribution in [2.45, 2.75) is 32.6 Å². The summed E-state index contributed by atoms with van der Waals surface area (Å²) in [4.78, 5) is 12.3. The molecule has 0 aliphatic heterocycles. The predicted molar refractivity (Wildman–Crippen MR) is 86.8 cm³/mol. The normalized spacial score (nSPS) is 28.7. The number of amides is 1. The molecule has 2 fully saturated rings. The highest BCUT2D eigenvalue weighted by Gasteiger charge is 2.64. The molecule has 2 aliphatic carbocycles. The third kappa shape index (κ3) is 3.07. The van der Waals surface area contributed by atoms with Gasteiger partial charge in [0.25, 0.3) is 0 Å². The molecule has 2 aliphatic rings. The van der Waals surface area contributed by atoms with Gasteiger partial charge < -0.3 is 4.74 Å². The van der Waals surface area contributed by atoms with Crippen LogP contribution in [0.1, 0.15) is 38.2 Å². The Morgan fingerprint density at radius 1 is 1.52 bits per heavy atom. The lowest BCUT2D eigenvalue weighted by Gasteiger charge is -2.15. The molecule has 1 N–H and O–H groups in total. The molecule has 0 bridgehead atoms. The standard InChI is InChI=1S/C18H21N3O2/c1-18-9-5-4-7-14(18)16(18)17(22)21-20-12-13-6-2-3-8-15(13)23-11-10-19/h2-3,6,8,12,14,16H,4-5,7,9,11H2,1H3,(H,21,22)/b20-12-/t14-,16-,18-/m0/s1. The molecule has 0 aromatic heterocycles. The molecule has 0 saturated heterocycles. The Morgan fingerprint density at radius 2 is 2.35 bits per heavy atom. The molecule has 23 heavy (non-hydrogen) atoms. The number of ether oxygens (including phenoxy) is 1. The molecule has 0 heterocycles. The molecule has 120 valence electrons. The number of hydrazone groups is 1. The monoisotopic (exact) mass is 311 g/mol. The second kappa shape index (κ2) is 6.41. The lowest BCUT2D eigenvalue weighted by Crippen LogP contribution is -2.22. The van der Waals surface area contributed by atoms with Gasteiger partial charge in [0.2, 0.25) is 5.91 Å². The third-order valence-electron chi connectivity index (χ3n) is 5.20. The fourth-order valence-electron chi connectivity index (χ4n) is 3.91. The zero-order valence-corrected chi connectivity index (χ0v) is 13.3. The topological polar surface area (TPSA) is 74.5 Å². The number of hydrogen-bond acceptors (Lipinski definition) is 4. The molecular formula is C18H21N3O2. The number of fused-ring (bicyclic) bond motifs is 1. The van der Waals surface area contributed by atoms with E-state index in [0.29, 0.717) is 11.7 Å². The van der Waals surface area contributed by atoms with Crippen molar-refractivity contribution < 1.29 is 9.53 Å². The van der Waals surface area contributed by atoms with E-state index in [9.17, 15) is 4.79 Å². The van der Waals surface area contributed by atoms with E-state index in [4.69, 9.17) is 10.00 Å². The van der Waals surface area contributed by atoms with Gasteiger partial charge in [0.05, 0.1) is 6.21 Å². The Morgan fingerprint density at radius 3 is 3.09 bits per heavy atom. The van der Waals surface area contributed by atoms with E-state index in [-0.39, 0.29) is 23.8 Å². The van der Waals surface area contributed by atoms with Crippen LogP contribution in [0.2, 0.25) is 0 Å². The van der Waals surface area contributed by atoms with Crippen LogP contribution in [0.3, 0.4) is 0 Å². The van der Waals surface area contributed by atoms with E-state index in [1.54, 1.807) is 12.3 Å². The highest BCUT2D eigenvalue weighted by molar-refractivity contribution is 5.87. The number of hydrogen-bond donors (Lipinski definition) is 1. The van der Waals surface area contributed by atoms with Gasteiger partial charge in [0.1, 0.15) is 11.8 Å². The quantitative estimate of drug-likeness (QED) is 0.671. The van der Waals surface area contributed by atoms with Gasteiger partial charge >= 0.3 is 0 Å². The number of para-hydroxylation sites is 1. The van der Waals surface area contributed by atoms with Crippen LogP contribution in [0.25, 0.3) is 0 Å². The first-order chi connectivity index (χ1) is 11.2. The molecular weight excluding hydrogens is 290 g/mol. The average molecular weight is 311 g/mol. The second-order valence-electron chi connectivity index (χ2n) is 6.55. The molecule has 5 heteroatoms. The zero-order valence-electron chi connectivity index (χ0n) is 13.3. The molecule has 0 radical (unpaired) electrons. The summed E-state index contributed by atoms with van der Waals surface area (Å²) in [6, 6.07) is 9.24. The fraction of sp³-hybridized carbons (Fsp3) is 0.500. The summed E-state index contributed by atoms with van der Waals surface area (Å²) in [6.07, 6.45) is 6.33. The van der Waals surface area contributed by atoms with Crippen molar-refractivity contribution in [1.82, 2.24) is 5.43 Å². The Hall–Kier alpha value is -2.35. The molecule has 1 aromatic rings. The maximum Gasteiger partial charge on any atom is 0.244 e. The minimum absolute atomic E-state index is 0.0146. The van der Waals surface area contributed by atoms with Crippen LogP contribution in [0.5, 0.6) is 5.75 Å². The number of carbonyl (C=O) groups is 1. The summed E-state index contributed by atoms with van der Waals surface area (Å²) in [7, 11) is 0. The average Bonchev–Trinajstić information content (AvgIpc) is 3.19. The predicted octanol–water partition coefficient (Wildman–Crippen LogP) is 2.87. The molecule has 3 atom stereocenters. The number of carbonyl (C=O) groups excluding carboxylic acids is 1. The van der Waals surface area contributed by atoms with E-state index in [1.165, 1.54) is 12.8 Å². The Labute approximate surface area is 136 Å². The second-order valence-corrected chi connectivity index (χ2v) is 6.55. The first-order valence-corrected chi connectivity index (χ1v) is 8.08. The van der Waals surface area contributed by atoms with E-state index in [0.717, 1.165) is 18.4 Å². The third-order valence-corrected chi connectivity index (χ3v) is 5.20. The van der Waals surface area contributed by atoms with E-state index in [2.05, 4.69) is 17.5 Å². The highest BCUT2D eigenvalue weighted by Crippen LogP contribution is 2.66. The van der Waals surface area contributed by atoms with Gasteiger partial charge in [-0.2, -0.15) is 10.4 Å². The first-order valence-electron chi connectivity index (χ1n) is 8.08. The molecule has 1 aromatic carbocycles. The molecule has 5 nitrogen and oxygen atoms in total. The van der Waals surface area contributed by atoms with Crippen molar-refractivity contribution in [3.8, 4) is 11.8 Å². The minimum atomic E-state index is -0.0146. The van der Waals surface area contributed by atoms with E-state index in [1.807, 2.05) is 24.3 Å². The summed E-state index contributed by atoms with van der Waals surface area (Å²) in [5.41, 5.74) is 3.59. The summed E-state index contributed by atoms with van der Waals surface area (Å²) in [6.45, 7) is 2.20. The molecule has 1 amide bonds. The van der Waals surface area contributed by atoms with Gasteiger partial charge in [0, 0.05) is 11.5 Å². The number of nitriles is 1. The smallest absolute Gasteiger partial charge is 0.244 e. The van der Waals surface area contributed by atoms with Crippen LogP contribution in [0, 0.1) is 28.6 Å². The number of rotatable bonds is 5. The Bertz CT molecular complexity index is 664. The van der Waals surface area contributed by atoms with Crippen molar-refractivity contribution in [3.05, 3.63) is 29.8 Å². The van der Waals surface area contributed by atoms with Gasteiger partial charge in [-0.05, 0) is 36.3 Å². The SMILES string of the molecule is C[C@]12CCCC[C@H]1[C@H]2C(=O)N/N=C\c1ccccc1OCC#N. The first kappa shape index (κ1) is 15.5. The summed E-state index contributed by atoms with van der Waals surface area (Å²) in [5, 5.41) is 12.7. The zero-order chi connectivity index (χ0) is 16.3. The number of nitrogens with one attached hydrogen (secondary N) is 1. The number of nitrogens with zero attached hydrogens (tertiary/aromatic N) is 2. The lowest BCUT2D eigenvalue weighted by molar-refractivity contribution is -0.123. The minimum Gasteiger partial charge on any atom is -0.478 e. The van der Waals surface area contributed by atoms with Gasteiger partial charge in [-0.1, -0.05) is 31.9 Å². The lowest BCUT2D eigenvalue weighted by atomic mass is 9.90. The van der Waals surface area contributed by atoms with Gasteiger partial charge in [-0.3, -0.25) is 4.79 Å². The Balaban J connectivity index is 1.59. The van der Waals surface area contributed by atoms with Crippen LogP contribution in [0.4, 0.5) is 0 Å². The summed E-state index contributed by atoms with van der Waals surface area (Å²) < 4.78 is 5.33. The fourth-order valence-corrected chi connectivity index (χ4v) is 3.91. The molecule has 2 saturated carbocycles. The van der Waals surface area contributed by atoms with Crippen LogP contribution in [-0.2, 0) is 4.79 Å². The summed E-state index contributed by atoms with van der Waals surface area (Å²) >= 11 is 0. The maximum atomic E-state index is 12.3. The molecule has 0 spiro atoms. The van der Waals surface area contributed by atoms with Crippen molar-refractivity contribution in [2.75, 3.05) is 6.61 Å². The van der Waals surface area contributed by atoms with Gasteiger partial charge in [-0.25, -0.2) is 5.43 Å². The van der Waals surface area contributed by atoms with Crippen LogP contribution in [-0.4, -0.2) is 18.7 Å². The summed E-state index contributed by atoms with van der Waals surface area (Å²) in [5.74, 6) is 1.23. The molecule has 3 rings (SSSR count). The Kier molecular flexibility index (Phi) is 4.33. The van der Waals surface area contributed by atoms with Crippen LogP contribution in [0.15, 0.2) is 29.4 Å². The largest absolute Gasteiger partial charge is 0.478 e. The van der Waals surface area contributed by atoms with Crippen molar-refractivity contribution in [3.63, 3.8) is 0 Å². The number of benzene rings is 1. The van der Waals surface area contributed by atoms with Crippen LogP contribution < -0.4 is 10.2 Å². The van der Waals surface area contributed by atoms with Gasteiger partial charge in [0.15, 0.2) is 6.61 Å². The van der Waals surface area contributed by atoms with E-state index < -0.39 is 0 Å². The van der Waals surface area contributed by atoms with Crippen LogP contribution >= 0.6 is 0 Å². The van der Waals surface area contributed by atoms with Crippen molar-refractivity contribution in [1.29, 1.82) is 5.26 Å². The van der Waals surface area contributed by atoms with Crippen molar-refractivity contribution in [2.24, 2.45) is 22.4 Å². The maximum absolute atomic E-state index is 12.3. The van der Waals surface area contributed by atoms with Crippen molar-refractivity contribution >= 4 is 12.1 Å². The highest BCUT2D eigenvalue weighted by atomic mass is 16.5. The molecule has 0 unspecified atom stereocenters.